The van der Waals surface area contributed by atoms with Crippen LogP contribution < -0.4 is 16.4 Å². The fraction of sp³-hybridized carbons (Fsp3) is 0.806. The zero-order valence-electron chi connectivity index (χ0n) is 27.4. The van der Waals surface area contributed by atoms with E-state index in [2.05, 4.69) is 10.6 Å². The van der Waals surface area contributed by atoms with E-state index < -0.39 is 30.0 Å². The molecule has 13 heteroatoms. The Morgan fingerprint density at radius 3 is 2.43 bits per heavy atom. The van der Waals surface area contributed by atoms with Crippen molar-refractivity contribution in [2.24, 2.45) is 28.0 Å². The molecule has 0 aromatic heterocycles. The van der Waals surface area contributed by atoms with Crippen LogP contribution >= 0.6 is 11.8 Å². The normalized spacial score (nSPS) is 21.9. The third kappa shape index (κ3) is 11.7. The molecule has 7 atom stereocenters. The lowest BCUT2D eigenvalue weighted by Crippen LogP contribution is -2.46. The Morgan fingerprint density at radius 2 is 1.82 bits per heavy atom. The average molecular weight is 640 g/mol. The van der Waals surface area contributed by atoms with Gasteiger partial charge in [0.25, 0.3) is 0 Å². The van der Waals surface area contributed by atoms with Gasteiger partial charge >= 0.3 is 5.97 Å². The minimum atomic E-state index is -0.813. The fourth-order valence-electron chi connectivity index (χ4n) is 5.31. The molecule has 1 saturated heterocycles. The summed E-state index contributed by atoms with van der Waals surface area (Å²) in [5.74, 6) is -1.20. The van der Waals surface area contributed by atoms with Gasteiger partial charge in [-0.15, -0.1) is 11.8 Å². The summed E-state index contributed by atoms with van der Waals surface area (Å²) in [7, 11) is 0. The topological polar surface area (TPSA) is 180 Å². The molecule has 0 aromatic rings. The zero-order valence-corrected chi connectivity index (χ0v) is 28.2. The van der Waals surface area contributed by atoms with Crippen molar-refractivity contribution in [1.82, 2.24) is 15.5 Å². The van der Waals surface area contributed by atoms with E-state index in [0.717, 1.165) is 11.5 Å². The number of carbonyl (C=O) groups excluding carboxylic acids is 5. The Balaban J connectivity index is 1.84. The molecule has 0 saturated carbocycles. The van der Waals surface area contributed by atoms with Crippen LogP contribution in [0.15, 0.2) is 4.99 Å². The molecule has 1 fully saturated rings. The molecule has 2 heterocycles. The van der Waals surface area contributed by atoms with Crippen molar-refractivity contribution in [2.45, 2.75) is 124 Å². The largest absolute Gasteiger partial charge is 0.460 e. The number of carbonyl (C=O) groups is 5. The smallest absolute Gasteiger partial charge is 0.329 e. The molecule has 44 heavy (non-hydrogen) atoms. The van der Waals surface area contributed by atoms with Gasteiger partial charge in [0, 0.05) is 31.1 Å². The first-order valence-corrected chi connectivity index (χ1v) is 16.8. The second-order valence-corrected chi connectivity index (χ2v) is 14.3. The molecule has 4 unspecified atom stereocenters. The van der Waals surface area contributed by atoms with Crippen LogP contribution in [-0.4, -0.2) is 93.8 Å². The SMILES string of the molecule is CCC(=O)N1CCC[C@H]1C(=O)OC(C[C@@H](C)CC(O)C(C)C1=NC(CCC(=O)NCC(=O)N[C@@H](C)C(N)=O)CS1)C(C)(C)C. The number of aliphatic hydroxyl groups excluding tert-OH is 1. The Bertz CT molecular complexity index is 1060. The number of esters is 1. The lowest BCUT2D eigenvalue weighted by molar-refractivity contribution is -0.164. The van der Waals surface area contributed by atoms with E-state index >= 15 is 0 Å². The number of ether oxygens (including phenoxy) is 1. The number of nitrogens with two attached hydrogens (primary N) is 1. The van der Waals surface area contributed by atoms with Crippen LogP contribution in [0.1, 0.15) is 93.4 Å². The number of thioether (sulfide) groups is 1. The Labute approximate surface area is 266 Å². The summed E-state index contributed by atoms with van der Waals surface area (Å²) in [6, 6.07) is -1.40. The van der Waals surface area contributed by atoms with E-state index in [4.69, 9.17) is 15.5 Å². The molecule has 0 bridgehead atoms. The predicted molar refractivity (Wildman–Crippen MR) is 171 cm³/mol. The molecule has 0 spiro atoms. The summed E-state index contributed by atoms with van der Waals surface area (Å²) in [4.78, 5) is 66.9. The lowest BCUT2D eigenvalue weighted by atomic mass is 9.81. The molecule has 2 aliphatic rings. The maximum absolute atomic E-state index is 13.1. The van der Waals surface area contributed by atoms with Crippen molar-refractivity contribution in [1.29, 1.82) is 0 Å². The molecule has 5 N–H and O–H groups in total. The summed E-state index contributed by atoms with van der Waals surface area (Å²) >= 11 is 1.59. The number of aliphatic imine (C=N–C) groups is 1. The van der Waals surface area contributed by atoms with Crippen LogP contribution in [0.4, 0.5) is 0 Å². The van der Waals surface area contributed by atoms with E-state index in [9.17, 15) is 29.1 Å². The van der Waals surface area contributed by atoms with E-state index in [1.165, 1.54) is 6.92 Å². The second kappa shape index (κ2) is 17.1. The van der Waals surface area contributed by atoms with Crippen LogP contribution in [0.2, 0.25) is 0 Å². The van der Waals surface area contributed by atoms with E-state index in [1.807, 2.05) is 34.6 Å². The number of primary amides is 1. The Kier molecular flexibility index (Phi) is 14.6. The number of hydrogen-bond donors (Lipinski definition) is 4. The van der Waals surface area contributed by atoms with Gasteiger partial charge in [-0.2, -0.15) is 0 Å². The van der Waals surface area contributed by atoms with Crippen molar-refractivity contribution in [3.8, 4) is 0 Å². The molecule has 0 aromatic carbocycles. The summed E-state index contributed by atoms with van der Waals surface area (Å²) in [5.41, 5.74) is 4.81. The van der Waals surface area contributed by atoms with Crippen molar-refractivity contribution in [2.75, 3.05) is 18.8 Å². The zero-order chi connectivity index (χ0) is 33.2. The molecule has 2 aliphatic heterocycles. The standard InChI is InChI=1S/C31H53N5O7S/c1-8-27(40)36-13-9-10-22(36)30(42)43-24(31(5,6)7)15-18(2)14-23(37)19(3)29-35-21(17-44-29)11-12-25(38)33-16-26(39)34-20(4)28(32)41/h18-24,37H,8-17H2,1-7H3,(H2,32,41)(H,33,38)(H,34,39)/t18-,19?,20-,21?,22-,23?,24?/m0/s1. The fourth-order valence-corrected chi connectivity index (χ4v) is 6.56. The monoisotopic (exact) mass is 639 g/mol. The minimum Gasteiger partial charge on any atom is -0.460 e. The first-order valence-electron chi connectivity index (χ1n) is 15.8. The van der Waals surface area contributed by atoms with Crippen molar-refractivity contribution < 1.29 is 33.8 Å². The lowest BCUT2D eigenvalue weighted by Gasteiger charge is -2.35. The maximum Gasteiger partial charge on any atom is 0.329 e. The third-order valence-electron chi connectivity index (χ3n) is 8.29. The van der Waals surface area contributed by atoms with Gasteiger partial charge in [0.15, 0.2) is 0 Å². The quantitative estimate of drug-likeness (QED) is 0.185. The first-order chi connectivity index (χ1) is 20.5. The maximum atomic E-state index is 13.1. The van der Waals surface area contributed by atoms with Crippen LogP contribution in [0, 0.1) is 17.3 Å². The van der Waals surface area contributed by atoms with Crippen LogP contribution in [0.3, 0.4) is 0 Å². The van der Waals surface area contributed by atoms with Crippen molar-refractivity contribution >= 4 is 46.4 Å². The van der Waals surface area contributed by atoms with Crippen molar-refractivity contribution in [3.63, 3.8) is 0 Å². The van der Waals surface area contributed by atoms with Gasteiger partial charge in [0.05, 0.1) is 23.7 Å². The van der Waals surface area contributed by atoms with Gasteiger partial charge in [0.1, 0.15) is 18.2 Å². The predicted octanol–water partition coefficient (Wildman–Crippen LogP) is 2.16. The number of aliphatic hydroxyl groups is 1. The highest BCUT2D eigenvalue weighted by Gasteiger charge is 2.38. The number of amides is 4. The van der Waals surface area contributed by atoms with Crippen LogP contribution in [-0.2, 0) is 28.7 Å². The number of nitrogens with one attached hydrogen (secondary N) is 2. The molecule has 250 valence electrons. The summed E-state index contributed by atoms with van der Waals surface area (Å²) in [5, 5.41) is 16.9. The second-order valence-electron chi connectivity index (χ2n) is 13.3. The van der Waals surface area contributed by atoms with Crippen molar-refractivity contribution in [3.05, 3.63) is 0 Å². The molecular weight excluding hydrogens is 586 g/mol. The molecule has 0 radical (unpaired) electrons. The third-order valence-corrected chi connectivity index (χ3v) is 9.61. The van der Waals surface area contributed by atoms with Gasteiger partial charge in [-0.05, 0) is 50.4 Å². The highest BCUT2D eigenvalue weighted by atomic mass is 32.2. The molecule has 12 nitrogen and oxygen atoms in total. The first kappa shape index (κ1) is 37.5. The Hall–Kier alpha value is -2.67. The summed E-state index contributed by atoms with van der Waals surface area (Å²) < 4.78 is 6.04. The van der Waals surface area contributed by atoms with Gasteiger partial charge in [-0.1, -0.05) is 41.5 Å². The highest BCUT2D eigenvalue weighted by molar-refractivity contribution is 8.14. The number of likely N-dealkylation sites (tertiary alicyclic amines) is 1. The van der Waals surface area contributed by atoms with Gasteiger partial charge in [-0.25, -0.2) is 4.79 Å². The number of hydrogen-bond acceptors (Lipinski definition) is 9. The van der Waals surface area contributed by atoms with Gasteiger partial charge in [-0.3, -0.25) is 24.2 Å². The minimum absolute atomic E-state index is 0.0297. The average Bonchev–Trinajstić information content (AvgIpc) is 3.63. The molecular formula is C31H53N5O7S. The van der Waals surface area contributed by atoms with E-state index in [-0.39, 0.29) is 60.1 Å². The number of nitrogens with zero attached hydrogens (tertiary/aromatic N) is 2. The van der Waals surface area contributed by atoms with E-state index in [1.54, 1.807) is 23.6 Å². The Morgan fingerprint density at radius 1 is 1.14 bits per heavy atom. The van der Waals surface area contributed by atoms with Gasteiger partial charge < -0.3 is 31.1 Å². The summed E-state index contributed by atoms with van der Waals surface area (Å²) in [6.45, 7) is 13.7. The molecule has 4 amide bonds. The summed E-state index contributed by atoms with van der Waals surface area (Å²) in [6.07, 6.45) is 2.59. The molecule has 0 aliphatic carbocycles. The molecule has 2 rings (SSSR count). The van der Waals surface area contributed by atoms with Crippen LogP contribution in [0.5, 0.6) is 0 Å². The van der Waals surface area contributed by atoms with Crippen LogP contribution in [0.25, 0.3) is 0 Å². The van der Waals surface area contributed by atoms with E-state index in [0.29, 0.717) is 44.4 Å². The number of rotatable bonds is 16. The van der Waals surface area contributed by atoms with Gasteiger partial charge in [0.2, 0.25) is 23.6 Å². The highest BCUT2D eigenvalue weighted by Crippen LogP contribution is 2.33.